The molecule has 4 rings (SSSR count). The summed E-state index contributed by atoms with van der Waals surface area (Å²) in [5, 5.41) is 2.93. The highest BCUT2D eigenvalue weighted by Crippen LogP contribution is 2.35. The number of aryl methyl sites for hydroxylation is 1. The number of nitrogens with zero attached hydrogens (tertiary/aromatic N) is 1. The van der Waals surface area contributed by atoms with Crippen molar-refractivity contribution >= 4 is 17.7 Å². The maximum Gasteiger partial charge on any atom is 0.325 e. The third kappa shape index (κ3) is 2.95. The number of hydrogen-bond acceptors (Lipinski definition) is 4. The molecule has 6 nitrogen and oxygen atoms in total. The van der Waals surface area contributed by atoms with Crippen molar-refractivity contribution in [3.63, 3.8) is 0 Å². The molecule has 2 aromatic rings. The third-order valence-electron chi connectivity index (χ3n) is 5.69. The number of amides is 3. The Labute approximate surface area is 163 Å². The molecule has 0 saturated carbocycles. The first-order chi connectivity index (χ1) is 13.4. The van der Waals surface area contributed by atoms with Gasteiger partial charge in [-0.2, -0.15) is 0 Å². The van der Waals surface area contributed by atoms with Crippen LogP contribution in [0.1, 0.15) is 40.4 Å². The number of Topliss-reactive ketones (excluding diaryl/α,β-unsaturated/α-hetero) is 1. The Hall–Kier alpha value is -3.15. The van der Waals surface area contributed by atoms with Crippen LogP contribution in [0.5, 0.6) is 5.75 Å². The first kappa shape index (κ1) is 18.2. The number of fused-ring (bicyclic) bond motifs is 1. The summed E-state index contributed by atoms with van der Waals surface area (Å²) in [4.78, 5) is 38.9. The average molecular weight is 378 g/mol. The largest absolute Gasteiger partial charge is 0.496 e. The molecule has 0 unspecified atom stereocenters. The molecule has 0 aromatic heterocycles. The van der Waals surface area contributed by atoms with Crippen molar-refractivity contribution in [2.75, 3.05) is 7.11 Å². The van der Waals surface area contributed by atoms with Gasteiger partial charge >= 0.3 is 6.03 Å². The quantitative estimate of drug-likeness (QED) is 0.656. The summed E-state index contributed by atoms with van der Waals surface area (Å²) in [7, 11) is 1.53. The summed E-state index contributed by atoms with van der Waals surface area (Å²) >= 11 is 0. The molecule has 1 saturated heterocycles. The molecule has 28 heavy (non-hydrogen) atoms. The zero-order valence-corrected chi connectivity index (χ0v) is 16.0. The Bertz CT molecular complexity index is 984. The van der Waals surface area contributed by atoms with Gasteiger partial charge in [-0.15, -0.1) is 0 Å². The summed E-state index contributed by atoms with van der Waals surface area (Å²) in [6.07, 6.45) is 1.82. The van der Waals surface area contributed by atoms with Gasteiger partial charge in [-0.1, -0.05) is 24.3 Å². The molecule has 6 heteroatoms. The molecule has 2 aromatic carbocycles. The monoisotopic (exact) mass is 378 g/mol. The summed E-state index contributed by atoms with van der Waals surface area (Å²) in [5.74, 6) is 0.240. The lowest BCUT2D eigenvalue weighted by Gasteiger charge is -2.32. The lowest BCUT2D eigenvalue weighted by atomic mass is 9.78. The zero-order valence-electron chi connectivity index (χ0n) is 16.0. The SMILES string of the molecule is COc1ccc(C(C)=O)cc1CN1C(=O)N[C@@]2(CCc3ccccc3C2)C1=O. The highest BCUT2D eigenvalue weighted by Gasteiger charge is 2.52. The van der Waals surface area contributed by atoms with Crippen molar-refractivity contribution in [2.45, 2.75) is 38.3 Å². The Morgan fingerprint density at radius 3 is 2.64 bits per heavy atom. The van der Waals surface area contributed by atoms with E-state index in [1.165, 1.54) is 24.5 Å². The van der Waals surface area contributed by atoms with E-state index in [1.807, 2.05) is 18.2 Å². The van der Waals surface area contributed by atoms with Gasteiger partial charge in [0.15, 0.2) is 5.78 Å². The molecule has 2 aliphatic rings. The van der Waals surface area contributed by atoms with Gasteiger partial charge in [0, 0.05) is 17.5 Å². The molecule has 1 N–H and O–H groups in total. The van der Waals surface area contributed by atoms with Gasteiger partial charge in [0.1, 0.15) is 11.3 Å². The second kappa shape index (κ2) is 6.78. The minimum Gasteiger partial charge on any atom is -0.496 e. The van der Waals surface area contributed by atoms with Crippen molar-refractivity contribution in [1.29, 1.82) is 0 Å². The highest BCUT2D eigenvalue weighted by molar-refractivity contribution is 6.07. The van der Waals surface area contributed by atoms with Gasteiger partial charge in [-0.05, 0) is 49.1 Å². The summed E-state index contributed by atoms with van der Waals surface area (Å²) in [6.45, 7) is 1.55. The molecule has 1 fully saturated rings. The molecule has 1 aliphatic heterocycles. The van der Waals surface area contributed by atoms with Gasteiger partial charge in [0.2, 0.25) is 0 Å². The van der Waals surface area contributed by atoms with Crippen LogP contribution < -0.4 is 10.1 Å². The number of carbonyl (C=O) groups excluding carboxylic acids is 3. The van der Waals surface area contributed by atoms with Crippen molar-refractivity contribution < 1.29 is 19.1 Å². The smallest absolute Gasteiger partial charge is 0.325 e. The molecule has 0 bridgehead atoms. The van der Waals surface area contributed by atoms with E-state index < -0.39 is 11.6 Å². The predicted molar refractivity (Wildman–Crippen MR) is 103 cm³/mol. The minimum absolute atomic E-state index is 0.0678. The number of imide groups is 1. The molecule has 144 valence electrons. The molecule has 1 atom stereocenters. The molecule has 1 spiro atoms. The van der Waals surface area contributed by atoms with Crippen LogP contribution in [0, 0.1) is 0 Å². The number of ketones is 1. The first-order valence-corrected chi connectivity index (χ1v) is 9.32. The zero-order chi connectivity index (χ0) is 19.9. The Morgan fingerprint density at radius 1 is 1.18 bits per heavy atom. The second-order valence-electron chi connectivity index (χ2n) is 7.43. The number of carbonyl (C=O) groups is 3. The van der Waals surface area contributed by atoms with Crippen molar-refractivity contribution in [3.05, 3.63) is 64.7 Å². The number of methoxy groups -OCH3 is 1. The fourth-order valence-corrected chi connectivity index (χ4v) is 4.14. The predicted octanol–water partition coefficient (Wildman–Crippen LogP) is 2.88. The van der Waals surface area contributed by atoms with Crippen LogP contribution in [0.25, 0.3) is 0 Å². The van der Waals surface area contributed by atoms with E-state index >= 15 is 0 Å². The van der Waals surface area contributed by atoms with Crippen molar-refractivity contribution in [1.82, 2.24) is 10.2 Å². The van der Waals surface area contributed by atoms with Crippen LogP contribution in [0.3, 0.4) is 0 Å². The third-order valence-corrected chi connectivity index (χ3v) is 5.69. The number of benzene rings is 2. The summed E-state index contributed by atoms with van der Waals surface area (Å²) in [6, 6.07) is 12.7. The molecule has 1 aliphatic carbocycles. The summed E-state index contributed by atoms with van der Waals surface area (Å²) in [5.41, 5.74) is 2.58. The lowest BCUT2D eigenvalue weighted by Crippen LogP contribution is -2.51. The number of rotatable bonds is 4. The van der Waals surface area contributed by atoms with Gasteiger partial charge in [0.25, 0.3) is 5.91 Å². The maximum absolute atomic E-state index is 13.3. The van der Waals surface area contributed by atoms with E-state index in [1.54, 1.807) is 18.2 Å². The fraction of sp³-hybridized carbons (Fsp3) is 0.318. The van der Waals surface area contributed by atoms with Gasteiger partial charge in [-0.3, -0.25) is 14.5 Å². The number of urea groups is 1. The minimum atomic E-state index is -0.892. The lowest BCUT2D eigenvalue weighted by molar-refractivity contribution is -0.132. The average Bonchev–Trinajstić information content (AvgIpc) is 2.91. The Kier molecular flexibility index (Phi) is 4.41. The Morgan fingerprint density at radius 2 is 1.93 bits per heavy atom. The summed E-state index contributed by atoms with van der Waals surface area (Å²) < 4.78 is 5.36. The van der Waals surface area contributed by atoms with Crippen LogP contribution in [-0.2, 0) is 24.2 Å². The number of nitrogens with one attached hydrogen (secondary N) is 1. The normalized spacial score (nSPS) is 20.9. The molecular weight excluding hydrogens is 356 g/mol. The van der Waals surface area contributed by atoms with E-state index in [4.69, 9.17) is 4.74 Å². The highest BCUT2D eigenvalue weighted by atomic mass is 16.5. The molecule has 1 heterocycles. The maximum atomic E-state index is 13.3. The number of hydrogen-bond donors (Lipinski definition) is 1. The molecule has 3 amide bonds. The van der Waals surface area contributed by atoms with Gasteiger partial charge < -0.3 is 10.1 Å². The van der Waals surface area contributed by atoms with Crippen LogP contribution in [0.4, 0.5) is 4.79 Å². The van der Waals surface area contributed by atoms with Crippen molar-refractivity contribution in [3.8, 4) is 5.75 Å². The van der Waals surface area contributed by atoms with E-state index in [0.29, 0.717) is 29.7 Å². The Balaban J connectivity index is 1.63. The van der Waals surface area contributed by atoms with Crippen LogP contribution in [-0.4, -0.2) is 35.3 Å². The van der Waals surface area contributed by atoms with E-state index in [-0.39, 0.29) is 18.2 Å². The second-order valence-corrected chi connectivity index (χ2v) is 7.43. The van der Waals surface area contributed by atoms with E-state index in [2.05, 4.69) is 11.4 Å². The van der Waals surface area contributed by atoms with Crippen LogP contribution in [0.2, 0.25) is 0 Å². The standard InChI is InChI=1S/C22H22N2O4/c1-14(25)16-7-8-19(28-2)18(11-16)13-24-20(26)22(23-21(24)27)10-9-15-5-3-4-6-17(15)12-22/h3-8,11H,9-10,12-13H2,1-2H3,(H,23,27)/t22-/m1/s1. The van der Waals surface area contributed by atoms with E-state index in [9.17, 15) is 14.4 Å². The first-order valence-electron chi connectivity index (χ1n) is 9.32. The van der Waals surface area contributed by atoms with Gasteiger partial charge in [-0.25, -0.2) is 4.79 Å². The van der Waals surface area contributed by atoms with Crippen molar-refractivity contribution in [2.24, 2.45) is 0 Å². The topological polar surface area (TPSA) is 75.7 Å². The fourth-order valence-electron chi connectivity index (χ4n) is 4.14. The van der Waals surface area contributed by atoms with E-state index in [0.717, 1.165) is 12.0 Å². The van der Waals surface area contributed by atoms with Crippen LogP contribution in [0.15, 0.2) is 42.5 Å². The van der Waals surface area contributed by atoms with Gasteiger partial charge in [0.05, 0.1) is 13.7 Å². The number of ether oxygens (including phenoxy) is 1. The molecular formula is C22H22N2O4. The molecule has 0 radical (unpaired) electrons. The van der Waals surface area contributed by atoms with Crippen LogP contribution >= 0.6 is 0 Å².